The van der Waals surface area contributed by atoms with Crippen molar-refractivity contribution in [3.63, 3.8) is 0 Å². The van der Waals surface area contributed by atoms with Crippen molar-refractivity contribution in [1.29, 1.82) is 0 Å². The maximum atomic E-state index is 11.3. The lowest BCUT2D eigenvalue weighted by atomic mass is 9.69. The smallest absolute Gasteiger partial charge is 0.312 e. The van der Waals surface area contributed by atoms with Gasteiger partial charge in [-0.1, -0.05) is 33.6 Å². The predicted molar refractivity (Wildman–Crippen MR) is 54.0 cm³/mol. The Kier molecular flexibility index (Phi) is 2.91. The molecular weight excluding hydrogens is 180 g/mol. The molecule has 1 unspecified atom stereocenters. The molecule has 1 aliphatic rings. The summed E-state index contributed by atoms with van der Waals surface area (Å²) in [6.07, 6.45) is 2.30. The Morgan fingerprint density at radius 1 is 1.29 bits per heavy atom. The van der Waals surface area contributed by atoms with Gasteiger partial charge in [-0.15, -0.1) is 0 Å². The summed E-state index contributed by atoms with van der Waals surface area (Å²) in [5.74, 6) is -0.836. The molecular formula is C11H20O3. The molecule has 0 bridgehead atoms. The van der Waals surface area contributed by atoms with E-state index in [-0.39, 0.29) is 5.41 Å². The summed E-state index contributed by atoms with van der Waals surface area (Å²) in [5.41, 5.74) is -1.25. The minimum atomic E-state index is -0.891. The fourth-order valence-electron chi connectivity index (χ4n) is 2.44. The number of hydrogen-bond acceptors (Lipinski definition) is 2. The van der Waals surface area contributed by atoms with Gasteiger partial charge in [0.15, 0.2) is 0 Å². The number of aliphatic hydroxyl groups excluding tert-OH is 1. The second kappa shape index (κ2) is 3.54. The van der Waals surface area contributed by atoms with Gasteiger partial charge in [0.05, 0.1) is 11.5 Å². The van der Waals surface area contributed by atoms with Gasteiger partial charge < -0.3 is 10.2 Å². The largest absolute Gasteiger partial charge is 0.481 e. The average molecular weight is 200 g/mol. The van der Waals surface area contributed by atoms with E-state index in [4.69, 9.17) is 0 Å². The van der Waals surface area contributed by atoms with Gasteiger partial charge in [-0.25, -0.2) is 0 Å². The summed E-state index contributed by atoms with van der Waals surface area (Å²) >= 11 is 0. The van der Waals surface area contributed by atoms with Gasteiger partial charge in [-0.05, 0) is 18.3 Å². The summed E-state index contributed by atoms with van der Waals surface area (Å²) in [6.45, 7) is 5.67. The van der Waals surface area contributed by atoms with E-state index in [1.807, 2.05) is 20.8 Å². The SMILES string of the molecule is CC(C)(C)C(O)C1(C(=O)O)CCCC1. The molecule has 3 heteroatoms. The van der Waals surface area contributed by atoms with Crippen molar-refractivity contribution in [3.8, 4) is 0 Å². The highest BCUT2D eigenvalue weighted by atomic mass is 16.4. The fourth-order valence-corrected chi connectivity index (χ4v) is 2.44. The van der Waals surface area contributed by atoms with Crippen molar-refractivity contribution in [2.24, 2.45) is 10.8 Å². The average Bonchev–Trinajstić information content (AvgIpc) is 2.50. The molecule has 1 rings (SSSR count). The van der Waals surface area contributed by atoms with E-state index >= 15 is 0 Å². The first-order chi connectivity index (χ1) is 6.31. The van der Waals surface area contributed by atoms with E-state index < -0.39 is 17.5 Å². The first kappa shape index (κ1) is 11.5. The quantitative estimate of drug-likeness (QED) is 0.717. The first-order valence-electron chi connectivity index (χ1n) is 5.22. The van der Waals surface area contributed by atoms with Crippen molar-refractivity contribution in [1.82, 2.24) is 0 Å². The molecule has 1 aliphatic carbocycles. The van der Waals surface area contributed by atoms with Gasteiger partial charge >= 0.3 is 5.97 Å². The fraction of sp³-hybridized carbons (Fsp3) is 0.909. The summed E-state index contributed by atoms with van der Waals surface area (Å²) in [6, 6.07) is 0. The lowest BCUT2D eigenvalue weighted by molar-refractivity contribution is -0.162. The Labute approximate surface area is 85.1 Å². The molecule has 3 nitrogen and oxygen atoms in total. The minimum absolute atomic E-state index is 0.358. The molecule has 14 heavy (non-hydrogen) atoms. The molecule has 0 spiro atoms. The Hall–Kier alpha value is -0.570. The molecule has 82 valence electrons. The van der Waals surface area contributed by atoms with Gasteiger partial charge in [-0.3, -0.25) is 4.79 Å². The summed E-state index contributed by atoms with van der Waals surface area (Å²) in [4.78, 5) is 11.3. The number of aliphatic carboxylic acids is 1. The molecule has 1 fully saturated rings. The highest BCUT2D eigenvalue weighted by molar-refractivity contribution is 5.76. The van der Waals surface area contributed by atoms with Crippen molar-refractivity contribution >= 4 is 5.97 Å². The number of rotatable bonds is 2. The Bertz CT molecular complexity index is 221. The van der Waals surface area contributed by atoms with Crippen molar-refractivity contribution in [2.75, 3.05) is 0 Å². The Balaban J connectivity index is 2.94. The molecule has 0 aliphatic heterocycles. The van der Waals surface area contributed by atoms with Crippen LogP contribution in [0.3, 0.4) is 0 Å². The van der Waals surface area contributed by atoms with Crippen LogP contribution in [0, 0.1) is 10.8 Å². The zero-order chi connectivity index (χ0) is 11.0. The van der Waals surface area contributed by atoms with E-state index in [2.05, 4.69) is 0 Å². The third-order valence-electron chi connectivity index (χ3n) is 3.27. The highest BCUT2D eigenvalue weighted by Gasteiger charge is 2.51. The normalized spacial score (nSPS) is 23.4. The second-order valence-electron chi connectivity index (χ2n) is 5.44. The first-order valence-corrected chi connectivity index (χ1v) is 5.22. The number of carboxylic acids is 1. The van der Waals surface area contributed by atoms with Crippen molar-refractivity contribution < 1.29 is 15.0 Å². The van der Waals surface area contributed by atoms with Gasteiger partial charge in [0.2, 0.25) is 0 Å². The topological polar surface area (TPSA) is 57.5 Å². The number of aliphatic hydroxyl groups is 1. The maximum absolute atomic E-state index is 11.3. The van der Waals surface area contributed by atoms with Crippen LogP contribution in [0.1, 0.15) is 46.5 Å². The van der Waals surface area contributed by atoms with Crippen LogP contribution in [-0.4, -0.2) is 22.3 Å². The molecule has 1 saturated carbocycles. The zero-order valence-electron chi connectivity index (χ0n) is 9.21. The molecule has 0 amide bonds. The van der Waals surface area contributed by atoms with Gasteiger partial charge in [-0.2, -0.15) is 0 Å². The summed E-state index contributed by atoms with van der Waals surface area (Å²) in [7, 11) is 0. The van der Waals surface area contributed by atoms with E-state index in [0.29, 0.717) is 12.8 Å². The van der Waals surface area contributed by atoms with E-state index in [1.165, 1.54) is 0 Å². The van der Waals surface area contributed by atoms with Crippen LogP contribution in [0.4, 0.5) is 0 Å². The van der Waals surface area contributed by atoms with Crippen molar-refractivity contribution in [2.45, 2.75) is 52.6 Å². The van der Waals surface area contributed by atoms with Crippen LogP contribution in [0.25, 0.3) is 0 Å². The molecule has 0 saturated heterocycles. The third-order valence-corrected chi connectivity index (χ3v) is 3.27. The molecule has 0 aromatic carbocycles. The van der Waals surface area contributed by atoms with Gasteiger partial charge in [0.25, 0.3) is 0 Å². The second-order valence-corrected chi connectivity index (χ2v) is 5.44. The molecule has 0 aromatic heterocycles. The van der Waals surface area contributed by atoms with Crippen molar-refractivity contribution in [3.05, 3.63) is 0 Å². The minimum Gasteiger partial charge on any atom is -0.481 e. The number of carbonyl (C=O) groups is 1. The standard InChI is InChI=1S/C11H20O3/c1-10(2,3)8(12)11(9(13)14)6-4-5-7-11/h8,12H,4-7H2,1-3H3,(H,13,14). The van der Waals surface area contributed by atoms with Crippen LogP contribution in [0.2, 0.25) is 0 Å². The Morgan fingerprint density at radius 3 is 2.00 bits per heavy atom. The molecule has 0 heterocycles. The molecule has 2 N–H and O–H groups in total. The number of hydrogen-bond donors (Lipinski definition) is 2. The van der Waals surface area contributed by atoms with Gasteiger partial charge in [0, 0.05) is 0 Å². The third kappa shape index (κ3) is 1.78. The highest BCUT2D eigenvalue weighted by Crippen LogP contribution is 2.46. The molecule has 1 atom stereocenters. The van der Waals surface area contributed by atoms with Crippen LogP contribution < -0.4 is 0 Å². The van der Waals surface area contributed by atoms with E-state index in [0.717, 1.165) is 12.8 Å². The van der Waals surface area contributed by atoms with E-state index in [9.17, 15) is 15.0 Å². The Morgan fingerprint density at radius 2 is 1.71 bits per heavy atom. The van der Waals surface area contributed by atoms with E-state index in [1.54, 1.807) is 0 Å². The van der Waals surface area contributed by atoms with Crippen LogP contribution in [0.15, 0.2) is 0 Å². The van der Waals surface area contributed by atoms with Crippen LogP contribution in [-0.2, 0) is 4.79 Å². The monoisotopic (exact) mass is 200 g/mol. The molecule has 0 aromatic rings. The molecule has 0 radical (unpaired) electrons. The maximum Gasteiger partial charge on any atom is 0.312 e. The predicted octanol–water partition coefficient (Wildman–Crippen LogP) is 2.04. The van der Waals surface area contributed by atoms with Crippen LogP contribution in [0.5, 0.6) is 0 Å². The summed E-state index contributed by atoms with van der Waals surface area (Å²) in [5, 5.41) is 19.4. The lowest BCUT2D eigenvalue weighted by Crippen LogP contribution is -2.47. The van der Waals surface area contributed by atoms with Gasteiger partial charge in [0.1, 0.15) is 0 Å². The summed E-state index contributed by atoms with van der Waals surface area (Å²) < 4.78 is 0. The zero-order valence-corrected chi connectivity index (χ0v) is 9.21. The van der Waals surface area contributed by atoms with Crippen LogP contribution >= 0.6 is 0 Å². The number of carboxylic acid groups (broad SMARTS) is 1. The lowest BCUT2D eigenvalue weighted by Gasteiger charge is -2.38.